The lowest BCUT2D eigenvalue weighted by Gasteiger charge is -2.16. The van der Waals surface area contributed by atoms with Crippen molar-refractivity contribution in [1.82, 2.24) is 0 Å². The number of hydrogen-bond acceptors (Lipinski definition) is 1. The molecule has 1 aliphatic carbocycles. The topological polar surface area (TPSA) is 26.0 Å². The van der Waals surface area contributed by atoms with Crippen molar-refractivity contribution in [1.29, 1.82) is 0 Å². The summed E-state index contributed by atoms with van der Waals surface area (Å²) in [6.45, 7) is 7.76. The highest BCUT2D eigenvalue weighted by Crippen LogP contribution is 2.38. The van der Waals surface area contributed by atoms with Gasteiger partial charge in [0.1, 0.15) is 0 Å². The van der Waals surface area contributed by atoms with Crippen LogP contribution in [0.5, 0.6) is 0 Å². The monoisotopic (exact) mass is 167 g/mol. The van der Waals surface area contributed by atoms with Gasteiger partial charge in [-0.1, -0.05) is 18.1 Å². The van der Waals surface area contributed by atoms with Gasteiger partial charge in [-0.2, -0.15) is 0 Å². The number of rotatable bonds is 3. The smallest absolute Gasteiger partial charge is 0.00772 e. The quantitative estimate of drug-likeness (QED) is 0.643. The molecule has 0 spiro atoms. The van der Waals surface area contributed by atoms with Crippen molar-refractivity contribution in [3.05, 3.63) is 11.1 Å². The lowest BCUT2D eigenvalue weighted by atomic mass is 9.90. The maximum Gasteiger partial charge on any atom is -0.00772 e. The summed E-state index contributed by atoms with van der Waals surface area (Å²) in [6, 6.07) is 0. The molecule has 2 atom stereocenters. The van der Waals surface area contributed by atoms with E-state index in [1.807, 2.05) is 0 Å². The van der Waals surface area contributed by atoms with Crippen molar-refractivity contribution in [2.75, 3.05) is 6.54 Å². The van der Waals surface area contributed by atoms with E-state index in [4.69, 9.17) is 5.73 Å². The Morgan fingerprint density at radius 3 is 2.50 bits per heavy atom. The molecule has 1 rings (SSSR count). The van der Waals surface area contributed by atoms with Crippen molar-refractivity contribution >= 4 is 0 Å². The van der Waals surface area contributed by atoms with Gasteiger partial charge in [0, 0.05) is 0 Å². The zero-order chi connectivity index (χ0) is 9.14. The first-order valence-electron chi connectivity index (χ1n) is 5.03. The Balaban J connectivity index is 2.43. The van der Waals surface area contributed by atoms with Crippen LogP contribution >= 0.6 is 0 Å². The summed E-state index contributed by atoms with van der Waals surface area (Å²) in [4.78, 5) is 0. The maximum absolute atomic E-state index is 5.51. The van der Waals surface area contributed by atoms with Crippen LogP contribution in [0.1, 0.15) is 40.0 Å². The predicted molar refractivity (Wildman–Crippen MR) is 53.9 cm³/mol. The first-order chi connectivity index (χ1) is 5.66. The molecule has 0 bridgehead atoms. The van der Waals surface area contributed by atoms with Gasteiger partial charge in [-0.3, -0.25) is 0 Å². The van der Waals surface area contributed by atoms with Crippen LogP contribution in [0.15, 0.2) is 11.1 Å². The van der Waals surface area contributed by atoms with Crippen LogP contribution in [0.3, 0.4) is 0 Å². The summed E-state index contributed by atoms with van der Waals surface area (Å²) < 4.78 is 0. The minimum absolute atomic E-state index is 0.802. The third-order valence-electron chi connectivity index (χ3n) is 3.41. The summed E-state index contributed by atoms with van der Waals surface area (Å²) >= 11 is 0. The molecular weight excluding hydrogens is 146 g/mol. The van der Waals surface area contributed by atoms with E-state index in [1.54, 1.807) is 11.1 Å². The fourth-order valence-corrected chi connectivity index (χ4v) is 2.21. The molecular formula is C11H21N. The molecule has 0 aromatic rings. The largest absolute Gasteiger partial charge is 0.330 e. The summed E-state index contributed by atoms with van der Waals surface area (Å²) in [7, 11) is 0. The zero-order valence-corrected chi connectivity index (χ0v) is 8.56. The maximum atomic E-state index is 5.51. The SMILES string of the molecule is CC1=C(C)C(C)C(CCCN)C1. The molecule has 0 fully saturated rings. The third kappa shape index (κ3) is 1.89. The van der Waals surface area contributed by atoms with E-state index in [-0.39, 0.29) is 0 Å². The van der Waals surface area contributed by atoms with Crippen molar-refractivity contribution in [3.8, 4) is 0 Å². The highest BCUT2D eigenvalue weighted by Gasteiger charge is 2.25. The van der Waals surface area contributed by atoms with Gasteiger partial charge in [-0.05, 0) is 51.5 Å². The van der Waals surface area contributed by atoms with Gasteiger partial charge in [-0.25, -0.2) is 0 Å². The van der Waals surface area contributed by atoms with E-state index in [9.17, 15) is 0 Å². The molecule has 1 aliphatic rings. The molecule has 12 heavy (non-hydrogen) atoms. The molecule has 1 heteroatoms. The lowest BCUT2D eigenvalue weighted by Crippen LogP contribution is -2.09. The van der Waals surface area contributed by atoms with Crippen molar-refractivity contribution in [3.63, 3.8) is 0 Å². The molecule has 1 nitrogen and oxygen atoms in total. The first-order valence-corrected chi connectivity index (χ1v) is 5.03. The summed E-state index contributed by atoms with van der Waals surface area (Å²) in [6.07, 6.45) is 3.81. The Labute approximate surface area is 76.0 Å². The van der Waals surface area contributed by atoms with Crippen molar-refractivity contribution < 1.29 is 0 Å². The minimum Gasteiger partial charge on any atom is -0.330 e. The van der Waals surface area contributed by atoms with Crippen LogP contribution in [0.2, 0.25) is 0 Å². The van der Waals surface area contributed by atoms with Gasteiger partial charge >= 0.3 is 0 Å². The molecule has 0 aromatic heterocycles. The van der Waals surface area contributed by atoms with Gasteiger partial charge < -0.3 is 5.73 Å². The highest BCUT2D eigenvalue weighted by molar-refractivity contribution is 5.20. The second-order valence-corrected chi connectivity index (χ2v) is 4.15. The van der Waals surface area contributed by atoms with E-state index in [0.29, 0.717) is 0 Å². The van der Waals surface area contributed by atoms with E-state index >= 15 is 0 Å². The van der Waals surface area contributed by atoms with E-state index in [0.717, 1.165) is 18.4 Å². The van der Waals surface area contributed by atoms with Crippen LogP contribution in [-0.2, 0) is 0 Å². The van der Waals surface area contributed by atoms with Gasteiger partial charge in [0.25, 0.3) is 0 Å². The molecule has 0 heterocycles. The number of nitrogens with two attached hydrogens (primary N) is 1. The Morgan fingerprint density at radius 2 is 2.08 bits per heavy atom. The molecule has 0 saturated heterocycles. The van der Waals surface area contributed by atoms with E-state index in [2.05, 4.69) is 20.8 Å². The van der Waals surface area contributed by atoms with Crippen LogP contribution in [0, 0.1) is 11.8 Å². The second-order valence-electron chi connectivity index (χ2n) is 4.15. The van der Waals surface area contributed by atoms with E-state index in [1.165, 1.54) is 19.3 Å². The summed E-state index contributed by atoms with van der Waals surface area (Å²) in [5.74, 6) is 1.69. The number of hydrogen-bond donors (Lipinski definition) is 1. The van der Waals surface area contributed by atoms with Gasteiger partial charge in [0.15, 0.2) is 0 Å². The molecule has 70 valence electrons. The molecule has 0 radical (unpaired) electrons. The Bertz CT molecular complexity index is 181. The molecule has 2 unspecified atom stereocenters. The van der Waals surface area contributed by atoms with Gasteiger partial charge in [0.2, 0.25) is 0 Å². The minimum atomic E-state index is 0.802. The fourth-order valence-electron chi connectivity index (χ4n) is 2.21. The Morgan fingerprint density at radius 1 is 1.42 bits per heavy atom. The average molecular weight is 167 g/mol. The molecule has 0 amide bonds. The normalized spacial score (nSPS) is 30.0. The number of allylic oxidation sites excluding steroid dienone is 2. The molecule has 0 aromatic carbocycles. The second kappa shape index (κ2) is 4.08. The lowest BCUT2D eigenvalue weighted by molar-refractivity contribution is 0.398. The molecule has 2 N–H and O–H groups in total. The van der Waals surface area contributed by atoms with Gasteiger partial charge in [0.05, 0.1) is 0 Å². The third-order valence-corrected chi connectivity index (χ3v) is 3.41. The standard InChI is InChI=1S/C11H21N/c1-8-7-11(5-4-6-12)10(3)9(8)2/h10-11H,4-7,12H2,1-3H3. The summed E-state index contributed by atoms with van der Waals surface area (Å²) in [5, 5.41) is 0. The highest BCUT2D eigenvalue weighted by atomic mass is 14.5. The Kier molecular flexibility index (Phi) is 3.33. The van der Waals surface area contributed by atoms with E-state index < -0.39 is 0 Å². The van der Waals surface area contributed by atoms with Crippen LogP contribution in [-0.4, -0.2) is 6.54 Å². The van der Waals surface area contributed by atoms with Crippen LogP contribution < -0.4 is 5.73 Å². The molecule has 0 aliphatic heterocycles. The molecule has 0 saturated carbocycles. The van der Waals surface area contributed by atoms with Crippen LogP contribution in [0.25, 0.3) is 0 Å². The Hall–Kier alpha value is -0.300. The first kappa shape index (κ1) is 9.79. The van der Waals surface area contributed by atoms with Crippen LogP contribution in [0.4, 0.5) is 0 Å². The fraction of sp³-hybridized carbons (Fsp3) is 0.818. The average Bonchev–Trinajstić information content (AvgIpc) is 2.30. The van der Waals surface area contributed by atoms with Gasteiger partial charge in [-0.15, -0.1) is 0 Å². The van der Waals surface area contributed by atoms with Crippen molar-refractivity contribution in [2.45, 2.75) is 40.0 Å². The van der Waals surface area contributed by atoms with Crippen molar-refractivity contribution in [2.24, 2.45) is 17.6 Å². The zero-order valence-electron chi connectivity index (χ0n) is 8.56. The summed E-state index contributed by atoms with van der Waals surface area (Å²) in [5.41, 5.74) is 8.75. The predicted octanol–water partition coefficient (Wildman–Crippen LogP) is 2.72.